The summed E-state index contributed by atoms with van der Waals surface area (Å²) in [6.07, 6.45) is 6.06. The number of hydrogen-bond donors (Lipinski definition) is 2. The lowest BCUT2D eigenvalue weighted by atomic mass is 9.72. The van der Waals surface area contributed by atoms with E-state index in [4.69, 9.17) is 20.4 Å². The van der Waals surface area contributed by atoms with Crippen LogP contribution in [0.3, 0.4) is 0 Å². The molecule has 1 rings (SSSR count). The fraction of sp³-hybridized carbons (Fsp3) is 0.889. The summed E-state index contributed by atoms with van der Waals surface area (Å²) in [5.74, 6) is -0.666. The second kappa shape index (κ2) is 7.00. The molecule has 16 heavy (non-hydrogen) atoms. The van der Waals surface area contributed by atoms with Crippen LogP contribution in [-0.4, -0.2) is 22.7 Å². The Morgan fingerprint density at radius 1 is 1.31 bits per heavy atom. The molecule has 94 valence electrons. The molecule has 1 saturated carbocycles. The van der Waals surface area contributed by atoms with Crippen molar-refractivity contribution in [1.82, 2.24) is 0 Å². The van der Waals surface area contributed by atoms with Crippen LogP contribution >= 0.6 is 0 Å². The first kappa shape index (κ1) is 14.6. The molecule has 0 radical (unpaired) electrons. The van der Waals surface area contributed by atoms with Crippen molar-refractivity contribution in [2.75, 3.05) is 6.54 Å². The second-order valence-electron chi connectivity index (χ2n) is 4.10. The zero-order valence-electron chi connectivity index (χ0n) is 9.18. The van der Waals surface area contributed by atoms with Crippen molar-refractivity contribution >= 4 is 5.97 Å². The quantitative estimate of drug-likeness (QED) is 0.539. The zero-order valence-corrected chi connectivity index (χ0v) is 9.18. The minimum Gasteiger partial charge on any atom is -0.481 e. The number of aliphatic carboxylic acids is 1. The average Bonchev–Trinajstić information content (AvgIpc) is 2.17. The van der Waals surface area contributed by atoms with E-state index in [0.29, 0.717) is 6.42 Å². The van der Waals surface area contributed by atoms with Crippen molar-refractivity contribution < 1.29 is 20.7 Å². The predicted molar refractivity (Wildman–Crippen MR) is 55.9 cm³/mol. The van der Waals surface area contributed by atoms with Crippen molar-refractivity contribution in [3.63, 3.8) is 0 Å². The highest BCUT2D eigenvalue weighted by Gasteiger charge is 2.34. The van der Waals surface area contributed by atoms with Crippen molar-refractivity contribution in [1.29, 1.82) is 0 Å². The van der Waals surface area contributed by atoms with Gasteiger partial charge in [-0.15, -0.1) is 0 Å². The highest BCUT2D eigenvalue weighted by Crippen LogP contribution is 2.37. The highest BCUT2D eigenvalue weighted by atomic mass is 16.9. The van der Waals surface area contributed by atoms with Crippen LogP contribution in [0.5, 0.6) is 0 Å². The molecule has 1 fully saturated rings. The first-order valence-corrected chi connectivity index (χ1v) is 5.24. The van der Waals surface area contributed by atoms with Gasteiger partial charge in [0.15, 0.2) is 0 Å². The standard InChI is InChI=1S/C9H17NO2.NO3/c10-7-9(6-8(11)12)4-2-1-3-5-9;2-1(3)4/h1-7,10H2,(H,11,12);/q;-1/p+1. The Labute approximate surface area is 93.4 Å². The molecule has 0 aromatic rings. The summed E-state index contributed by atoms with van der Waals surface area (Å²) in [4.78, 5) is 18.9. The zero-order chi connectivity index (χ0) is 12.6. The van der Waals surface area contributed by atoms with E-state index >= 15 is 0 Å². The predicted octanol–water partition coefficient (Wildman–Crippen LogP) is 0.414. The molecule has 0 atom stereocenters. The molecular weight excluding hydrogens is 216 g/mol. The Morgan fingerprint density at radius 2 is 1.75 bits per heavy atom. The number of carboxylic acids is 1. The van der Waals surface area contributed by atoms with Gasteiger partial charge in [-0.05, 0) is 12.8 Å². The molecule has 0 aliphatic heterocycles. The minimum absolute atomic E-state index is 0.0318. The maximum absolute atomic E-state index is 10.6. The number of quaternary nitrogens is 1. The third-order valence-electron chi connectivity index (χ3n) is 2.97. The summed E-state index contributed by atoms with van der Waals surface area (Å²) in [6.45, 7) is 0.777. The number of rotatable bonds is 3. The monoisotopic (exact) mass is 234 g/mol. The van der Waals surface area contributed by atoms with Gasteiger partial charge in [-0.2, -0.15) is 0 Å². The Bertz CT molecular complexity index is 234. The molecule has 0 aromatic carbocycles. The number of hydrogen-bond acceptors (Lipinski definition) is 4. The fourth-order valence-electron chi connectivity index (χ4n) is 2.14. The van der Waals surface area contributed by atoms with Gasteiger partial charge in [0.25, 0.3) is 0 Å². The molecule has 1 aliphatic carbocycles. The molecule has 0 bridgehead atoms. The molecule has 7 heteroatoms. The van der Waals surface area contributed by atoms with Crippen LogP contribution in [0.1, 0.15) is 38.5 Å². The molecule has 0 amide bonds. The summed E-state index contributed by atoms with van der Waals surface area (Å²) in [5.41, 5.74) is 3.90. The molecule has 1 aliphatic rings. The molecule has 0 aromatic heterocycles. The van der Waals surface area contributed by atoms with Crippen LogP contribution in [-0.2, 0) is 4.79 Å². The van der Waals surface area contributed by atoms with Gasteiger partial charge in [0.1, 0.15) is 0 Å². The second-order valence-corrected chi connectivity index (χ2v) is 4.10. The molecule has 0 spiro atoms. The summed E-state index contributed by atoms with van der Waals surface area (Å²) in [7, 11) is 0. The minimum atomic E-state index is -1.75. The van der Waals surface area contributed by atoms with E-state index in [9.17, 15) is 4.79 Å². The van der Waals surface area contributed by atoms with Gasteiger partial charge in [-0.25, -0.2) is 0 Å². The maximum atomic E-state index is 10.6. The Morgan fingerprint density at radius 3 is 2.06 bits per heavy atom. The SMILES string of the molecule is O=[N+]([O-])[O-].[NH3+]CC1(CC(=O)O)CCCCC1. The van der Waals surface area contributed by atoms with E-state index in [0.717, 1.165) is 19.4 Å². The first-order valence-electron chi connectivity index (χ1n) is 5.24. The summed E-state index contributed by atoms with van der Waals surface area (Å²) in [6, 6.07) is 0. The van der Waals surface area contributed by atoms with Crippen LogP contribution in [0.2, 0.25) is 0 Å². The number of carboxylic acid groups (broad SMARTS) is 1. The highest BCUT2D eigenvalue weighted by molar-refractivity contribution is 5.67. The lowest BCUT2D eigenvalue weighted by Gasteiger charge is -2.32. The van der Waals surface area contributed by atoms with E-state index in [1.807, 2.05) is 0 Å². The van der Waals surface area contributed by atoms with Gasteiger partial charge in [0.2, 0.25) is 0 Å². The van der Waals surface area contributed by atoms with Crippen LogP contribution in [0.15, 0.2) is 0 Å². The van der Waals surface area contributed by atoms with Crippen LogP contribution in [0, 0.1) is 20.7 Å². The smallest absolute Gasteiger partial charge is 0.304 e. The third kappa shape index (κ3) is 6.18. The van der Waals surface area contributed by atoms with E-state index in [-0.39, 0.29) is 5.41 Å². The third-order valence-corrected chi connectivity index (χ3v) is 2.97. The van der Waals surface area contributed by atoms with E-state index in [1.165, 1.54) is 19.3 Å². The van der Waals surface area contributed by atoms with Crippen molar-refractivity contribution in [2.24, 2.45) is 5.41 Å². The number of carbonyl (C=O) groups is 1. The Balaban J connectivity index is 0.000000487. The molecule has 7 nitrogen and oxygen atoms in total. The van der Waals surface area contributed by atoms with Gasteiger partial charge in [-0.1, -0.05) is 19.3 Å². The normalized spacial score (nSPS) is 18.1. The Hall–Kier alpha value is -1.37. The maximum Gasteiger partial charge on any atom is 0.304 e. The topological polar surface area (TPSA) is 131 Å². The van der Waals surface area contributed by atoms with Crippen molar-refractivity contribution in [3.8, 4) is 0 Å². The van der Waals surface area contributed by atoms with Crippen molar-refractivity contribution in [2.45, 2.75) is 38.5 Å². The van der Waals surface area contributed by atoms with Crippen LogP contribution in [0.4, 0.5) is 0 Å². The van der Waals surface area contributed by atoms with Gasteiger partial charge in [0, 0.05) is 5.41 Å². The van der Waals surface area contributed by atoms with Gasteiger partial charge in [-0.3, -0.25) is 4.79 Å². The molecule has 4 N–H and O–H groups in total. The summed E-state index contributed by atoms with van der Waals surface area (Å²) < 4.78 is 0. The molecule has 0 unspecified atom stereocenters. The van der Waals surface area contributed by atoms with E-state index in [2.05, 4.69) is 5.73 Å². The van der Waals surface area contributed by atoms with E-state index < -0.39 is 11.1 Å². The molecular formula is C9H18N2O5. The van der Waals surface area contributed by atoms with Crippen LogP contribution in [0.25, 0.3) is 0 Å². The largest absolute Gasteiger partial charge is 0.481 e. The van der Waals surface area contributed by atoms with Gasteiger partial charge in [0.05, 0.1) is 18.1 Å². The van der Waals surface area contributed by atoms with Crippen LogP contribution < -0.4 is 5.73 Å². The summed E-state index contributed by atoms with van der Waals surface area (Å²) in [5, 5.41) is 23.5. The molecule has 0 heterocycles. The summed E-state index contributed by atoms with van der Waals surface area (Å²) >= 11 is 0. The fourth-order valence-corrected chi connectivity index (χ4v) is 2.14. The molecule has 0 saturated heterocycles. The first-order chi connectivity index (χ1) is 7.42. The van der Waals surface area contributed by atoms with Gasteiger partial charge >= 0.3 is 5.97 Å². The lowest BCUT2D eigenvalue weighted by molar-refractivity contribution is -0.402. The van der Waals surface area contributed by atoms with Crippen molar-refractivity contribution in [3.05, 3.63) is 15.3 Å². The van der Waals surface area contributed by atoms with E-state index in [1.54, 1.807) is 0 Å². The van der Waals surface area contributed by atoms with Gasteiger partial charge < -0.3 is 26.2 Å². The lowest BCUT2D eigenvalue weighted by Crippen LogP contribution is -2.59. The average molecular weight is 234 g/mol. The Kier molecular flexibility index (Phi) is 6.40. The number of nitrogens with zero attached hydrogens (tertiary/aromatic N) is 1.